The van der Waals surface area contributed by atoms with E-state index in [0.29, 0.717) is 6.54 Å². The Bertz CT molecular complexity index is 604. The molecule has 0 unspecified atom stereocenters. The van der Waals surface area contributed by atoms with Crippen LogP contribution in [0.1, 0.15) is 25.7 Å². The molecule has 1 aliphatic carbocycles. The van der Waals surface area contributed by atoms with Gasteiger partial charge in [0.15, 0.2) is 0 Å². The highest BCUT2D eigenvalue weighted by atomic mass is 32.1. The SMILES string of the molecule is O=C(O)CC1(CNc2nccc3sccc23)CCC1. The molecule has 4 nitrogen and oxygen atoms in total. The van der Waals surface area contributed by atoms with Gasteiger partial charge in [0.1, 0.15) is 5.82 Å². The van der Waals surface area contributed by atoms with Crippen molar-refractivity contribution in [3.63, 3.8) is 0 Å². The van der Waals surface area contributed by atoms with E-state index < -0.39 is 5.97 Å². The maximum absolute atomic E-state index is 10.9. The van der Waals surface area contributed by atoms with Crippen LogP contribution in [0.25, 0.3) is 10.1 Å². The molecule has 3 rings (SSSR count). The normalized spacial score (nSPS) is 17.1. The quantitative estimate of drug-likeness (QED) is 0.879. The van der Waals surface area contributed by atoms with Gasteiger partial charge in [-0.15, -0.1) is 11.3 Å². The van der Waals surface area contributed by atoms with Gasteiger partial charge >= 0.3 is 5.97 Å². The number of nitrogens with zero attached hydrogens (tertiary/aromatic N) is 1. The molecular weight excluding hydrogens is 260 g/mol. The number of carboxylic acid groups (broad SMARTS) is 1. The van der Waals surface area contributed by atoms with Gasteiger partial charge in [-0.2, -0.15) is 0 Å². The predicted molar refractivity (Wildman–Crippen MR) is 76.6 cm³/mol. The first-order valence-electron chi connectivity index (χ1n) is 6.46. The molecule has 1 aliphatic rings. The Balaban J connectivity index is 1.75. The zero-order valence-corrected chi connectivity index (χ0v) is 11.4. The van der Waals surface area contributed by atoms with E-state index >= 15 is 0 Å². The maximum Gasteiger partial charge on any atom is 0.303 e. The highest BCUT2D eigenvalue weighted by Gasteiger charge is 2.38. The van der Waals surface area contributed by atoms with E-state index in [1.807, 2.05) is 11.4 Å². The first-order chi connectivity index (χ1) is 9.19. The van der Waals surface area contributed by atoms with Gasteiger partial charge in [0.2, 0.25) is 0 Å². The predicted octanol–water partition coefficient (Wildman–Crippen LogP) is 3.35. The molecule has 100 valence electrons. The Morgan fingerprint density at radius 1 is 1.47 bits per heavy atom. The van der Waals surface area contributed by atoms with Crippen molar-refractivity contribution in [3.05, 3.63) is 23.7 Å². The number of aromatic nitrogens is 1. The molecule has 5 heteroatoms. The van der Waals surface area contributed by atoms with Crippen LogP contribution < -0.4 is 5.32 Å². The van der Waals surface area contributed by atoms with Crippen LogP contribution in [0.2, 0.25) is 0 Å². The molecule has 0 aliphatic heterocycles. The molecular formula is C14H16N2O2S. The van der Waals surface area contributed by atoms with Crippen molar-refractivity contribution in [3.8, 4) is 0 Å². The van der Waals surface area contributed by atoms with Crippen LogP contribution >= 0.6 is 11.3 Å². The first kappa shape index (κ1) is 12.4. The Hall–Kier alpha value is -1.62. The van der Waals surface area contributed by atoms with Crippen LogP contribution in [0.5, 0.6) is 0 Å². The number of nitrogens with one attached hydrogen (secondary N) is 1. The maximum atomic E-state index is 10.9. The summed E-state index contributed by atoms with van der Waals surface area (Å²) < 4.78 is 1.21. The zero-order chi connectivity index (χ0) is 13.3. The average Bonchev–Trinajstić information content (AvgIpc) is 2.80. The number of hydrogen-bond acceptors (Lipinski definition) is 4. The van der Waals surface area contributed by atoms with Crippen LogP contribution in [-0.4, -0.2) is 22.6 Å². The Labute approximate surface area is 115 Å². The van der Waals surface area contributed by atoms with Crippen molar-refractivity contribution >= 4 is 33.2 Å². The summed E-state index contributed by atoms with van der Waals surface area (Å²) in [6, 6.07) is 4.06. The molecule has 0 radical (unpaired) electrons. The fraction of sp³-hybridized carbons (Fsp3) is 0.429. The molecule has 0 spiro atoms. The van der Waals surface area contributed by atoms with Crippen molar-refractivity contribution in [2.24, 2.45) is 5.41 Å². The number of hydrogen-bond donors (Lipinski definition) is 2. The summed E-state index contributed by atoms with van der Waals surface area (Å²) in [5.41, 5.74) is -0.0777. The van der Waals surface area contributed by atoms with E-state index in [4.69, 9.17) is 5.11 Å². The minimum absolute atomic E-state index is 0.0777. The smallest absolute Gasteiger partial charge is 0.303 e. The van der Waals surface area contributed by atoms with E-state index in [9.17, 15) is 4.79 Å². The van der Waals surface area contributed by atoms with E-state index in [2.05, 4.69) is 16.4 Å². The zero-order valence-electron chi connectivity index (χ0n) is 10.6. The molecule has 2 N–H and O–H groups in total. The van der Waals surface area contributed by atoms with Crippen molar-refractivity contribution in [2.75, 3.05) is 11.9 Å². The van der Waals surface area contributed by atoms with Crippen molar-refractivity contribution in [2.45, 2.75) is 25.7 Å². The van der Waals surface area contributed by atoms with Crippen LogP contribution in [0.4, 0.5) is 5.82 Å². The summed E-state index contributed by atoms with van der Waals surface area (Å²) in [7, 11) is 0. The van der Waals surface area contributed by atoms with E-state index in [0.717, 1.165) is 30.5 Å². The lowest BCUT2D eigenvalue weighted by Gasteiger charge is -2.41. The Kier molecular flexibility index (Phi) is 3.14. The van der Waals surface area contributed by atoms with Crippen LogP contribution in [0.3, 0.4) is 0 Å². The van der Waals surface area contributed by atoms with E-state index in [-0.39, 0.29) is 11.8 Å². The third kappa shape index (κ3) is 2.42. The number of rotatable bonds is 5. The third-order valence-electron chi connectivity index (χ3n) is 3.95. The number of anilines is 1. The molecule has 0 bridgehead atoms. The van der Waals surface area contributed by atoms with Crippen molar-refractivity contribution in [1.29, 1.82) is 0 Å². The first-order valence-corrected chi connectivity index (χ1v) is 7.34. The number of pyridine rings is 1. The summed E-state index contributed by atoms with van der Waals surface area (Å²) in [6.07, 6.45) is 5.16. The summed E-state index contributed by atoms with van der Waals surface area (Å²) in [6.45, 7) is 0.696. The summed E-state index contributed by atoms with van der Waals surface area (Å²) in [4.78, 5) is 15.3. The minimum Gasteiger partial charge on any atom is -0.481 e. The van der Waals surface area contributed by atoms with Crippen molar-refractivity contribution in [1.82, 2.24) is 4.98 Å². The molecule has 19 heavy (non-hydrogen) atoms. The van der Waals surface area contributed by atoms with E-state index in [1.165, 1.54) is 4.70 Å². The number of carbonyl (C=O) groups is 1. The topological polar surface area (TPSA) is 62.2 Å². The molecule has 0 atom stereocenters. The molecule has 0 saturated heterocycles. The van der Waals surface area contributed by atoms with Gasteiger partial charge in [0.05, 0.1) is 6.42 Å². The summed E-state index contributed by atoms with van der Waals surface area (Å²) >= 11 is 1.69. The van der Waals surface area contributed by atoms with Gasteiger partial charge in [0, 0.05) is 22.8 Å². The molecule has 2 aromatic rings. The third-order valence-corrected chi connectivity index (χ3v) is 4.83. The molecule has 0 amide bonds. The highest BCUT2D eigenvalue weighted by Crippen LogP contribution is 2.44. The monoisotopic (exact) mass is 276 g/mol. The number of fused-ring (bicyclic) bond motifs is 1. The molecule has 1 saturated carbocycles. The minimum atomic E-state index is -0.705. The van der Waals surface area contributed by atoms with Gasteiger partial charge in [-0.1, -0.05) is 6.42 Å². The van der Waals surface area contributed by atoms with Gasteiger partial charge < -0.3 is 10.4 Å². The van der Waals surface area contributed by atoms with Gasteiger partial charge in [-0.05, 0) is 35.8 Å². The molecule has 1 fully saturated rings. The van der Waals surface area contributed by atoms with Gasteiger partial charge in [-0.25, -0.2) is 4.98 Å². The average molecular weight is 276 g/mol. The van der Waals surface area contributed by atoms with Crippen molar-refractivity contribution < 1.29 is 9.90 Å². The molecule has 2 aromatic heterocycles. The fourth-order valence-corrected chi connectivity index (χ4v) is 3.50. The summed E-state index contributed by atoms with van der Waals surface area (Å²) in [5, 5.41) is 15.5. The largest absolute Gasteiger partial charge is 0.481 e. The van der Waals surface area contributed by atoms with Crippen LogP contribution in [0, 0.1) is 5.41 Å². The fourth-order valence-electron chi connectivity index (χ4n) is 2.72. The Morgan fingerprint density at radius 3 is 3.00 bits per heavy atom. The van der Waals surface area contributed by atoms with Crippen LogP contribution in [0.15, 0.2) is 23.7 Å². The number of aliphatic carboxylic acids is 1. The molecule has 2 heterocycles. The lowest BCUT2D eigenvalue weighted by molar-refractivity contribution is -0.141. The molecule has 0 aromatic carbocycles. The van der Waals surface area contributed by atoms with Gasteiger partial charge in [0.25, 0.3) is 0 Å². The second-order valence-corrected chi connectivity index (χ2v) is 6.22. The summed E-state index contributed by atoms with van der Waals surface area (Å²) in [5.74, 6) is 0.165. The lowest BCUT2D eigenvalue weighted by Crippen LogP contribution is -2.38. The second-order valence-electron chi connectivity index (χ2n) is 5.27. The van der Waals surface area contributed by atoms with E-state index in [1.54, 1.807) is 17.5 Å². The van der Waals surface area contributed by atoms with Crippen LogP contribution in [-0.2, 0) is 4.79 Å². The number of thiophene rings is 1. The lowest BCUT2D eigenvalue weighted by atomic mass is 9.66. The standard InChI is InChI=1S/C14H16N2O2S/c17-12(18)8-14(4-1-5-14)9-16-13-10-3-7-19-11(10)2-6-15-13/h2-3,6-7H,1,4-5,8-9H2,(H,15,16)(H,17,18). The Morgan fingerprint density at radius 2 is 2.32 bits per heavy atom. The second kappa shape index (κ2) is 4.81. The number of carboxylic acids is 1. The highest BCUT2D eigenvalue weighted by molar-refractivity contribution is 7.17. The van der Waals surface area contributed by atoms with Gasteiger partial charge in [-0.3, -0.25) is 4.79 Å².